The minimum absolute atomic E-state index is 0.467. The van der Waals surface area contributed by atoms with E-state index in [-0.39, 0.29) is 0 Å². The molecule has 0 aliphatic heterocycles. The van der Waals surface area contributed by atoms with Crippen LogP contribution in [0.5, 0.6) is 0 Å². The van der Waals surface area contributed by atoms with Gasteiger partial charge in [-0.2, -0.15) is 4.98 Å². The summed E-state index contributed by atoms with van der Waals surface area (Å²) in [6.45, 7) is 0. The van der Waals surface area contributed by atoms with Crippen molar-refractivity contribution in [2.45, 2.75) is 9.79 Å². The topological polar surface area (TPSA) is 44.5 Å². The maximum Gasteiger partial charge on any atom is 0.213 e. The fourth-order valence-electron chi connectivity index (χ4n) is 1.76. The van der Waals surface area contributed by atoms with Crippen molar-refractivity contribution in [3.05, 3.63) is 59.4 Å². The first-order chi connectivity index (χ1) is 9.33. The van der Waals surface area contributed by atoms with Gasteiger partial charge in [-0.05, 0) is 30.4 Å². The smallest absolute Gasteiger partial charge is 0.213 e. The molecular weight excluding hydrogens is 274 g/mol. The van der Waals surface area contributed by atoms with Crippen molar-refractivity contribution in [2.75, 3.05) is 0 Å². The van der Waals surface area contributed by atoms with Gasteiger partial charge in [0.15, 0.2) is 5.82 Å². The molecule has 0 saturated carbocycles. The zero-order chi connectivity index (χ0) is 13.1. The third-order valence-electron chi connectivity index (χ3n) is 2.61. The molecule has 3 aromatic rings. The normalized spacial score (nSPS) is 10.5. The van der Waals surface area contributed by atoms with Gasteiger partial charge < -0.3 is 0 Å². The molecule has 2 N–H and O–H groups in total. The Kier molecular flexibility index (Phi) is 3.48. The van der Waals surface area contributed by atoms with E-state index in [2.05, 4.69) is 33.4 Å². The second kappa shape index (κ2) is 5.42. The van der Waals surface area contributed by atoms with Crippen LogP contribution in [-0.2, 0) is 0 Å². The van der Waals surface area contributed by atoms with E-state index < -0.39 is 0 Å². The number of rotatable bonds is 3. The van der Waals surface area contributed by atoms with Crippen molar-refractivity contribution >= 4 is 24.0 Å². The summed E-state index contributed by atoms with van der Waals surface area (Å²) in [5.74, 6) is 0.768. The fourth-order valence-corrected chi connectivity index (χ4v) is 2.88. The lowest BCUT2D eigenvalue weighted by atomic mass is 10.2. The Morgan fingerprint density at radius 2 is 1.63 bits per heavy atom. The van der Waals surface area contributed by atoms with Crippen LogP contribution in [0, 0.1) is 4.77 Å². The first-order valence-electron chi connectivity index (χ1n) is 5.80. The van der Waals surface area contributed by atoms with Crippen molar-refractivity contribution in [1.82, 2.24) is 15.2 Å². The Morgan fingerprint density at radius 1 is 0.895 bits per heavy atom. The molecule has 2 aromatic carbocycles. The number of benzene rings is 2. The SMILES string of the molecule is S=c1nc(-c2ccccc2Sc2ccccc2)[nH][nH]1. The van der Waals surface area contributed by atoms with Gasteiger partial charge in [0.05, 0.1) is 0 Å². The average Bonchev–Trinajstić information content (AvgIpc) is 2.87. The predicted octanol–water partition coefficient (Wildman–Crippen LogP) is 4.29. The highest BCUT2D eigenvalue weighted by atomic mass is 32.2. The lowest BCUT2D eigenvalue weighted by Gasteiger charge is -2.06. The van der Waals surface area contributed by atoms with Gasteiger partial charge in [-0.15, -0.1) is 0 Å². The minimum Gasteiger partial charge on any atom is -0.282 e. The molecule has 0 spiro atoms. The van der Waals surface area contributed by atoms with E-state index in [0.29, 0.717) is 4.77 Å². The fraction of sp³-hybridized carbons (Fsp3) is 0. The van der Waals surface area contributed by atoms with Crippen LogP contribution in [0.1, 0.15) is 0 Å². The van der Waals surface area contributed by atoms with Crippen molar-refractivity contribution in [3.63, 3.8) is 0 Å². The molecule has 94 valence electrons. The number of hydrogen-bond acceptors (Lipinski definition) is 3. The zero-order valence-corrected chi connectivity index (χ0v) is 11.6. The van der Waals surface area contributed by atoms with Gasteiger partial charge in [0.1, 0.15) is 0 Å². The van der Waals surface area contributed by atoms with Crippen LogP contribution in [0.25, 0.3) is 11.4 Å². The molecule has 3 nitrogen and oxygen atoms in total. The summed E-state index contributed by atoms with van der Waals surface area (Å²) in [6.07, 6.45) is 0. The number of nitrogens with one attached hydrogen (secondary N) is 2. The molecule has 0 amide bonds. The van der Waals surface area contributed by atoms with Crippen LogP contribution in [-0.4, -0.2) is 15.2 Å². The van der Waals surface area contributed by atoms with Crippen molar-refractivity contribution in [1.29, 1.82) is 0 Å². The number of H-pyrrole nitrogens is 2. The van der Waals surface area contributed by atoms with Crippen molar-refractivity contribution in [3.8, 4) is 11.4 Å². The van der Waals surface area contributed by atoms with Crippen LogP contribution in [0.3, 0.4) is 0 Å². The van der Waals surface area contributed by atoms with E-state index in [9.17, 15) is 0 Å². The van der Waals surface area contributed by atoms with Gasteiger partial charge in [-0.1, -0.05) is 48.2 Å². The van der Waals surface area contributed by atoms with Crippen LogP contribution in [0.2, 0.25) is 0 Å². The quantitative estimate of drug-likeness (QED) is 0.706. The highest BCUT2D eigenvalue weighted by Crippen LogP contribution is 2.34. The molecular formula is C14H11N3S2. The molecule has 0 aliphatic carbocycles. The standard InChI is InChI=1S/C14H11N3S2/c18-14-15-13(16-17-14)11-8-4-5-9-12(11)19-10-6-2-1-3-7-10/h1-9H,(H2,15,16,17,18). The Hall–Kier alpha value is -1.85. The van der Waals surface area contributed by atoms with E-state index >= 15 is 0 Å². The van der Waals surface area contributed by atoms with Crippen molar-refractivity contribution < 1.29 is 0 Å². The summed E-state index contributed by atoms with van der Waals surface area (Å²) in [7, 11) is 0. The molecule has 0 aliphatic rings. The molecule has 19 heavy (non-hydrogen) atoms. The number of aromatic amines is 2. The van der Waals surface area contributed by atoms with Crippen LogP contribution in [0.4, 0.5) is 0 Å². The molecule has 0 unspecified atom stereocenters. The number of nitrogens with zero attached hydrogens (tertiary/aromatic N) is 1. The largest absolute Gasteiger partial charge is 0.282 e. The van der Waals surface area contributed by atoms with Gasteiger partial charge in [-0.25, -0.2) is 0 Å². The summed E-state index contributed by atoms with van der Waals surface area (Å²) in [6, 6.07) is 18.4. The second-order valence-corrected chi connectivity index (χ2v) is 5.43. The van der Waals surface area contributed by atoms with E-state index in [0.717, 1.165) is 16.3 Å². The third-order valence-corrected chi connectivity index (χ3v) is 3.89. The highest BCUT2D eigenvalue weighted by Gasteiger charge is 2.08. The van der Waals surface area contributed by atoms with E-state index in [1.807, 2.05) is 36.4 Å². The molecule has 0 radical (unpaired) electrons. The van der Waals surface area contributed by atoms with Gasteiger partial charge in [0.25, 0.3) is 0 Å². The van der Waals surface area contributed by atoms with Crippen LogP contribution < -0.4 is 0 Å². The molecule has 3 rings (SSSR count). The van der Waals surface area contributed by atoms with E-state index in [4.69, 9.17) is 12.2 Å². The Bertz CT molecular complexity index is 731. The van der Waals surface area contributed by atoms with Gasteiger partial charge >= 0.3 is 0 Å². The highest BCUT2D eigenvalue weighted by molar-refractivity contribution is 7.99. The van der Waals surface area contributed by atoms with Gasteiger partial charge in [0, 0.05) is 15.4 Å². The summed E-state index contributed by atoms with van der Waals surface area (Å²) in [4.78, 5) is 6.62. The molecule has 0 saturated heterocycles. The van der Waals surface area contributed by atoms with E-state index in [1.165, 1.54) is 4.90 Å². The summed E-state index contributed by atoms with van der Waals surface area (Å²) < 4.78 is 0.467. The maximum atomic E-state index is 5.00. The molecule has 0 bridgehead atoms. The Morgan fingerprint density at radius 3 is 2.37 bits per heavy atom. The maximum absolute atomic E-state index is 5.00. The molecule has 0 fully saturated rings. The first kappa shape index (κ1) is 12.2. The Labute approximate surface area is 120 Å². The van der Waals surface area contributed by atoms with Gasteiger partial charge in [-0.3, -0.25) is 10.2 Å². The zero-order valence-electron chi connectivity index (χ0n) is 9.96. The summed E-state index contributed by atoms with van der Waals surface area (Å²) in [5.41, 5.74) is 1.05. The second-order valence-electron chi connectivity index (χ2n) is 3.93. The minimum atomic E-state index is 0.467. The third kappa shape index (κ3) is 2.77. The first-order valence-corrected chi connectivity index (χ1v) is 7.02. The summed E-state index contributed by atoms with van der Waals surface area (Å²) >= 11 is 6.71. The molecule has 1 heterocycles. The lowest BCUT2D eigenvalue weighted by molar-refractivity contribution is 1.08. The molecule has 0 atom stereocenters. The van der Waals surface area contributed by atoms with Gasteiger partial charge in [0.2, 0.25) is 4.77 Å². The Balaban J connectivity index is 2.00. The van der Waals surface area contributed by atoms with Crippen LogP contribution >= 0.6 is 24.0 Å². The monoisotopic (exact) mass is 285 g/mol. The predicted molar refractivity (Wildman–Crippen MR) is 79.8 cm³/mol. The van der Waals surface area contributed by atoms with Crippen LogP contribution in [0.15, 0.2) is 64.4 Å². The number of aromatic nitrogens is 3. The van der Waals surface area contributed by atoms with Crippen molar-refractivity contribution in [2.24, 2.45) is 0 Å². The lowest BCUT2D eigenvalue weighted by Crippen LogP contribution is -1.84. The molecule has 5 heteroatoms. The average molecular weight is 285 g/mol. The summed E-state index contributed by atoms with van der Waals surface area (Å²) in [5, 5.41) is 5.82. The molecule has 1 aromatic heterocycles. The van der Waals surface area contributed by atoms with E-state index in [1.54, 1.807) is 11.8 Å². The number of hydrogen-bond donors (Lipinski definition) is 2.